The van der Waals surface area contributed by atoms with Gasteiger partial charge in [-0.15, -0.1) is 0 Å². The van der Waals surface area contributed by atoms with Crippen LogP contribution in [0, 0.1) is 13.0 Å². The van der Waals surface area contributed by atoms with E-state index < -0.39 is 6.08 Å². The number of imidazole rings is 1. The summed E-state index contributed by atoms with van der Waals surface area (Å²) in [6, 6.07) is 4.73. The van der Waals surface area contributed by atoms with Crippen LogP contribution in [-0.2, 0) is 37.0 Å². The van der Waals surface area contributed by atoms with E-state index in [9.17, 15) is 9.18 Å². The molecule has 6 nitrogen and oxygen atoms in total. The van der Waals surface area contributed by atoms with Crippen LogP contribution in [0.25, 0.3) is 11.2 Å². The third kappa shape index (κ3) is 4.45. The van der Waals surface area contributed by atoms with E-state index in [4.69, 9.17) is 4.98 Å². The van der Waals surface area contributed by atoms with Gasteiger partial charge in [0.2, 0.25) is 5.91 Å². The molecule has 0 unspecified atom stereocenters. The van der Waals surface area contributed by atoms with Crippen LogP contribution in [0.5, 0.6) is 0 Å². The van der Waals surface area contributed by atoms with Gasteiger partial charge >= 0.3 is 6.08 Å². The number of amides is 1. The van der Waals surface area contributed by atoms with E-state index in [1.165, 1.54) is 28.7 Å². The Kier molecular flexibility index (Phi) is 6.03. The normalized spacial score (nSPS) is 13.2. The summed E-state index contributed by atoms with van der Waals surface area (Å²) in [5.74, 6) is 0.754. The summed E-state index contributed by atoms with van der Waals surface area (Å²) in [5.41, 5.74) is 7.02. The molecule has 2 heterocycles. The van der Waals surface area contributed by atoms with Crippen molar-refractivity contribution in [2.24, 2.45) is 0 Å². The Hall–Kier alpha value is -2.83. The molecule has 1 amide bonds. The van der Waals surface area contributed by atoms with Crippen molar-refractivity contribution in [3.8, 4) is 0 Å². The zero-order chi connectivity index (χ0) is 22.1. The zero-order valence-electron chi connectivity index (χ0n) is 18.8. The molecular weight excluding hydrogens is 393 g/mol. The minimum Gasteiger partial charge on any atom is -0.354 e. The number of carbonyl (C=O) groups is 1. The molecule has 0 bridgehead atoms. The Balaban J connectivity index is 1.73. The maximum atomic E-state index is 14.0. The Morgan fingerprint density at radius 3 is 2.55 bits per heavy atom. The van der Waals surface area contributed by atoms with Gasteiger partial charge in [-0.25, -0.2) is 9.97 Å². The molecule has 0 spiro atoms. The van der Waals surface area contributed by atoms with Gasteiger partial charge in [0.1, 0.15) is 11.3 Å². The third-order valence-electron chi connectivity index (χ3n) is 5.98. The maximum absolute atomic E-state index is 14.0. The van der Waals surface area contributed by atoms with Crippen LogP contribution in [-0.4, -0.2) is 31.5 Å². The van der Waals surface area contributed by atoms with E-state index in [0.717, 1.165) is 25.1 Å². The highest BCUT2D eigenvalue weighted by Crippen LogP contribution is 2.28. The van der Waals surface area contributed by atoms with Crippen LogP contribution >= 0.6 is 0 Å². The van der Waals surface area contributed by atoms with Gasteiger partial charge < -0.3 is 9.88 Å². The lowest BCUT2D eigenvalue weighted by atomic mass is 9.96. The molecule has 164 valence electrons. The quantitative estimate of drug-likeness (QED) is 0.586. The summed E-state index contributed by atoms with van der Waals surface area (Å²) in [5, 5.41) is 2.91. The number of rotatable bonds is 7. The number of nitrogens with one attached hydrogen (secondary N) is 1. The lowest BCUT2D eigenvalue weighted by Crippen LogP contribution is -2.30. The minimum atomic E-state index is -0.767. The van der Waals surface area contributed by atoms with Gasteiger partial charge in [-0.2, -0.15) is 9.37 Å². The van der Waals surface area contributed by atoms with Crippen molar-refractivity contribution in [3.63, 3.8) is 0 Å². The summed E-state index contributed by atoms with van der Waals surface area (Å²) in [7, 11) is 0. The monoisotopic (exact) mass is 423 g/mol. The number of nitrogens with zero attached hydrogens (tertiary/aromatic N) is 4. The highest BCUT2D eigenvalue weighted by atomic mass is 19.1. The lowest BCUT2D eigenvalue weighted by Gasteiger charge is -2.14. The summed E-state index contributed by atoms with van der Waals surface area (Å²) in [6.45, 7) is 8.17. The molecule has 31 heavy (non-hydrogen) atoms. The Bertz CT molecular complexity index is 1130. The fourth-order valence-electron chi connectivity index (χ4n) is 4.52. The molecule has 7 heteroatoms. The molecule has 0 saturated carbocycles. The lowest BCUT2D eigenvalue weighted by molar-refractivity contribution is -0.121. The number of benzene rings is 1. The minimum absolute atomic E-state index is 0.0409. The molecule has 2 aromatic heterocycles. The van der Waals surface area contributed by atoms with Gasteiger partial charge in [-0.3, -0.25) is 4.79 Å². The summed E-state index contributed by atoms with van der Waals surface area (Å²) in [4.78, 5) is 24.9. The van der Waals surface area contributed by atoms with Gasteiger partial charge in [0.25, 0.3) is 0 Å². The fraction of sp³-hybridized carbons (Fsp3) is 0.500. The number of halogens is 1. The van der Waals surface area contributed by atoms with Crippen LogP contribution in [0.1, 0.15) is 67.4 Å². The van der Waals surface area contributed by atoms with Crippen molar-refractivity contribution < 1.29 is 9.18 Å². The van der Waals surface area contributed by atoms with Crippen molar-refractivity contribution in [2.45, 2.75) is 78.8 Å². The molecule has 0 saturated heterocycles. The number of aryl methyl sites for hydroxylation is 5. The van der Waals surface area contributed by atoms with E-state index in [2.05, 4.69) is 34.3 Å². The number of hydrogen-bond donors (Lipinski definition) is 1. The molecule has 0 aliphatic heterocycles. The first-order chi connectivity index (χ1) is 14.9. The van der Waals surface area contributed by atoms with Gasteiger partial charge in [-0.1, -0.05) is 19.1 Å². The van der Waals surface area contributed by atoms with E-state index in [1.54, 1.807) is 6.92 Å². The van der Waals surface area contributed by atoms with Crippen LogP contribution in [0.4, 0.5) is 4.39 Å². The first kappa shape index (κ1) is 21.4. The standard InChI is InChI=1S/C24H30FN5O/c1-5-16-11-17-7-6-8-18(17)12-19(16)13-20-28-22-15(4)27-24(25)29-23(22)30(20)10-9-21(31)26-14(2)3/h11-12,14H,5-10,13H2,1-4H3,(H,26,31). The predicted octanol–water partition coefficient (Wildman–Crippen LogP) is 3.83. The van der Waals surface area contributed by atoms with E-state index >= 15 is 0 Å². The summed E-state index contributed by atoms with van der Waals surface area (Å²) < 4.78 is 15.9. The van der Waals surface area contributed by atoms with E-state index in [1.807, 2.05) is 18.4 Å². The van der Waals surface area contributed by atoms with Crippen molar-refractivity contribution >= 4 is 17.1 Å². The van der Waals surface area contributed by atoms with Gasteiger partial charge in [0.05, 0.1) is 5.69 Å². The number of hydrogen-bond acceptors (Lipinski definition) is 4. The molecule has 1 N–H and O–H groups in total. The van der Waals surface area contributed by atoms with Crippen molar-refractivity contribution in [3.05, 3.63) is 52.0 Å². The molecule has 0 atom stereocenters. The zero-order valence-corrected chi connectivity index (χ0v) is 18.8. The number of fused-ring (bicyclic) bond motifs is 2. The summed E-state index contributed by atoms with van der Waals surface area (Å²) in [6.07, 6.45) is 4.57. The molecular formula is C24H30FN5O. The average Bonchev–Trinajstić information content (AvgIpc) is 3.29. The van der Waals surface area contributed by atoms with Crippen molar-refractivity contribution in [1.29, 1.82) is 0 Å². The van der Waals surface area contributed by atoms with Crippen LogP contribution < -0.4 is 5.32 Å². The maximum Gasteiger partial charge on any atom is 0.310 e. The SMILES string of the molecule is CCc1cc2c(cc1Cc1nc3c(C)nc(F)nc3n1CCC(=O)NC(C)C)CCC2. The molecule has 4 rings (SSSR count). The number of aromatic nitrogens is 4. The summed E-state index contributed by atoms with van der Waals surface area (Å²) >= 11 is 0. The van der Waals surface area contributed by atoms with E-state index in [0.29, 0.717) is 29.8 Å². The Morgan fingerprint density at radius 2 is 1.87 bits per heavy atom. The average molecular weight is 424 g/mol. The van der Waals surface area contributed by atoms with Gasteiger partial charge in [0.15, 0.2) is 5.65 Å². The van der Waals surface area contributed by atoms with Gasteiger partial charge in [-0.05, 0) is 68.7 Å². The molecule has 1 aliphatic rings. The highest BCUT2D eigenvalue weighted by molar-refractivity contribution is 5.77. The Morgan fingerprint density at radius 1 is 1.16 bits per heavy atom. The van der Waals surface area contributed by atoms with Crippen molar-refractivity contribution in [2.75, 3.05) is 0 Å². The van der Waals surface area contributed by atoms with Gasteiger partial charge in [0, 0.05) is 25.4 Å². The highest BCUT2D eigenvalue weighted by Gasteiger charge is 2.20. The predicted molar refractivity (Wildman–Crippen MR) is 119 cm³/mol. The molecule has 1 aliphatic carbocycles. The van der Waals surface area contributed by atoms with E-state index in [-0.39, 0.29) is 18.4 Å². The topological polar surface area (TPSA) is 72.7 Å². The number of carbonyl (C=O) groups excluding carboxylic acids is 1. The second kappa shape index (κ2) is 8.73. The molecule has 3 aromatic rings. The molecule has 0 radical (unpaired) electrons. The molecule has 0 fully saturated rings. The third-order valence-corrected chi connectivity index (χ3v) is 5.98. The van der Waals surface area contributed by atoms with Crippen LogP contribution in [0.15, 0.2) is 12.1 Å². The second-order valence-electron chi connectivity index (χ2n) is 8.68. The molecule has 1 aromatic carbocycles. The van der Waals surface area contributed by atoms with Crippen LogP contribution in [0.3, 0.4) is 0 Å². The fourth-order valence-corrected chi connectivity index (χ4v) is 4.52. The first-order valence-electron chi connectivity index (χ1n) is 11.2. The van der Waals surface area contributed by atoms with Crippen molar-refractivity contribution in [1.82, 2.24) is 24.8 Å². The second-order valence-corrected chi connectivity index (χ2v) is 8.68. The largest absolute Gasteiger partial charge is 0.354 e. The Labute approximate surface area is 182 Å². The first-order valence-corrected chi connectivity index (χ1v) is 11.2. The smallest absolute Gasteiger partial charge is 0.310 e. The van der Waals surface area contributed by atoms with Crippen LogP contribution in [0.2, 0.25) is 0 Å².